The van der Waals surface area contributed by atoms with E-state index in [1.54, 1.807) is 0 Å². The molecule has 0 saturated carbocycles. The van der Waals surface area contributed by atoms with E-state index < -0.39 is 35.7 Å². The number of rotatable bonds is 10. The van der Waals surface area contributed by atoms with Gasteiger partial charge in [0.2, 0.25) is 5.91 Å². The van der Waals surface area contributed by atoms with Crippen molar-refractivity contribution in [2.24, 2.45) is 0 Å². The van der Waals surface area contributed by atoms with Crippen molar-refractivity contribution in [1.29, 1.82) is 0 Å². The van der Waals surface area contributed by atoms with Crippen molar-refractivity contribution >= 4 is 35.2 Å². The molecule has 2 aromatic carbocycles. The molecule has 1 unspecified atom stereocenters. The normalized spacial score (nSPS) is 17.1. The van der Waals surface area contributed by atoms with Gasteiger partial charge in [-0.15, -0.1) is 0 Å². The molecule has 0 radical (unpaired) electrons. The molecular weight excluding hydrogens is 576 g/mol. The predicted molar refractivity (Wildman–Crippen MR) is 158 cm³/mol. The SMILES string of the molecule is COCC1=C(C(=O)OC)C(c2ccc(F)c(F)c2)N(C(=O)NCCCN2CC=C(c3cccc(NC(C)=O)c3)CC2)C(=O)N1. The fraction of sp³-hybridized carbons (Fsp3) is 0.355. The first-order valence-corrected chi connectivity index (χ1v) is 14.1. The summed E-state index contributed by atoms with van der Waals surface area (Å²) in [7, 11) is 2.48. The van der Waals surface area contributed by atoms with Crippen molar-refractivity contribution in [1.82, 2.24) is 20.4 Å². The van der Waals surface area contributed by atoms with Crippen molar-refractivity contribution in [3.05, 3.63) is 82.6 Å². The van der Waals surface area contributed by atoms with Crippen LogP contribution < -0.4 is 16.0 Å². The zero-order valence-electron chi connectivity index (χ0n) is 24.7. The lowest BCUT2D eigenvalue weighted by molar-refractivity contribution is -0.137. The lowest BCUT2D eigenvalue weighted by Crippen LogP contribution is -2.55. The van der Waals surface area contributed by atoms with Crippen LogP contribution in [0.3, 0.4) is 0 Å². The molecule has 0 fully saturated rings. The standard InChI is InChI=1S/C31H35F2N5O6/c1-19(39)35-23-7-4-6-21(16-23)20-10-14-37(15-11-20)13-5-12-34-30(41)38-28(22-8-9-24(32)25(33)17-22)27(29(40)44-3)26(18-43-2)36-31(38)42/h4,6-10,16-17,28H,5,11-15,18H2,1-3H3,(H,34,41)(H,35,39)(H,36,42). The molecule has 4 rings (SSSR count). The highest BCUT2D eigenvalue weighted by Crippen LogP contribution is 2.35. The first-order chi connectivity index (χ1) is 21.1. The summed E-state index contributed by atoms with van der Waals surface area (Å²) in [5.41, 5.74) is 2.88. The van der Waals surface area contributed by atoms with Crippen molar-refractivity contribution < 1.29 is 37.4 Å². The summed E-state index contributed by atoms with van der Waals surface area (Å²) < 4.78 is 38.0. The molecule has 0 aliphatic carbocycles. The van der Waals surface area contributed by atoms with Crippen LogP contribution >= 0.6 is 0 Å². The fourth-order valence-electron chi connectivity index (χ4n) is 5.24. The van der Waals surface area contributed by atoms with Gasteiger partial charge in [-0.05, 0) is 53.8 Å². The second kappa shape index (κ2) is 14.7. The number of carbonyl (C=O) groups excluding carboxylic acids is 4. The molecule has 0 spiro atoms. The number of hydrogen-bond acceptors (Lipinski definition) is 7. The van der Waals surface area contributed by atoms with E-state index in [1.807, 2.05) is 24.3 Å². The molecule has 0 aromatic heterocycles. The van der Waals surface area contributed by atoms with Gasteiger partial charge in [0, 0.05) is 45.9 Å². The Labute approximate surface area is 253 Å². The van der Waals surface area contributed by atoms with Crippen LogP contribution in [0, 0.1) is 11.6 Å². The minimum absolute atomic E-state index is 0.00132. The van der Waals surface area contributed by atoms with Gasteiger partial charge in [-0.25, -0.2) is 28.1 Å². The fourth-order valence-corrected chi connectivity index (χ4v) is 5.24. The smallest absolute Gasteiger partial charge is 0.338 e. The number of amides is 5. The Morgan fingerprint density at radius 1 is 1.09 bits per heavy atom. The largest absolute Gasteiger partial charge is 0.466 e. The molecule has 1 atom stereocenters. The number of methoxy groups -OCH3 is 2. The maximum absolute atomic E-state index is 14.2. The third-order valence-corrected chi connectivity index (χ3v) is 7.28. The summed E-state index contributed by atoms with van der Waals surface area (Å²) in [6, 6.07) is 7.49. The molecule has 2 aliphatic rings. The third kappa shape index (κ3) is 7.66. The molecule has 2 aromatic rings. The maximum Gasteiger partial charge on any atom is 0.338 e. The lowest BCUT2D eigenvalue weighted by atomic mass is 9.93. The van der Waals surface area contributed by atoms with Gasteiger partial charge in [-0.1, -0.05) is 24.3 Å². The quantitative estimate of drug-likeness (QED) is 0.274. The topological polar surface area (TPSA) is 129 Å². The summed E-state index contributed by atoms with van der Waals surface area (Å²) in [5, 5.41) is 7.99. The number of anilines is 1. The molecule has 11 nitrogen and oxygen atoms in total. The van der Waals surface area contributed by atoms with Crippen LogP contribution in [0.25, 0.3) is 5.57 Å². The van der Waals surface area contributed by atoms with E-state index in [1.165, 1.54) is 25.7 Å². The average Bonchev–Trinajstić information content (AvgIpc) is 3.00. The van der Waals surface area contributed by atoms with E-state index in [0.717, 1.165) is 48.4 Å². The van der Waals surface area contributed by atoms with Crippen molar-refractivity contribution in [2.75, 3.05) is 52.3 Å². The minimum Gasteiger partial charge on any atom is -0.466 e. The molecule has 234 valence electrons. The Balaban J connectivity index is 1.41. The molecule has 3 N–H and O–H groups in total. The highest BCUT2D eigenvalue weighted by molar-refractivity contribution is 6.01. The van der Waals surface area contributed by atoms with E-state index in [4.69, 9.17) is 9.47 Å². The highest BCUT2D eigenvalue weighted by atomic mass is 19.2. The van der Waals surface area contributed by atoms with Gasteiger partial charge in [0.1, 0.15) is 6.04 Å². The average molecular weight is 612 g/mol. The molecule has 13 heteroatoms. The zero-order valence-corrected chi connectivity index (χ0v) is 24.7. The van der Waals surface area contributed by atoms with Crippen LogP contribution in [0.2, 0.25) is 0 Å². The highest BCUT2D eigenvalue weighted by Gasteiger charge is 2.43. The first kappa shape index (κ1) is 32.3. The number of halogens is 2. The zero-order chi connectivity index (χ0) is 31.8. The summed E-state index contributed by atoms with van der Waals surface area (Å²) >= 11 is 0. The molecule has 0 saturated heterocycles. The Morgan fingerprint density at radius 3 is 2.55 bits per heavy atom. The summed E-state index contributed by atoms with van der Waals surface area (Å²) in [4.78, 5) is 53.7. The first-order valence-electron chi connectivity index (χ1n) is 14.1. The number of benzene rings is 2. The Hall–Kier alpha value is -4.62. The second-order valence-electron chi connectivity index (χ2n) is 10.3. The molecule has 0 bridgehead atoms. The van der Waals surface area contributed by atoms with Crippen LogP contribution in [0.5, 0.6) is 0 Å². The van der Waals surface area contributed by atoms with Gasteiger partial charge in [0.15, 0.2) is 11.6 Å². The molecular formula is C31H35F2N5O6. The molecule has 2 aliphatic heterocycles. The summed E-state index contributed by atoms with van der Waals surface area (Å²) in [5.74, 6) is -3.33. The van der Waals surface area contributed by atoms with E-state index in [0.29, 0.717) is 19.5 Å². The predicted octanol–water partition coefficient (Wildman–Crippen LogP) is 3.95. The van der Waals surface area contributed by atoms with Crippen molar-refractivity contribution in [2.45, 2.75) is 25.8 Å². The van der Waals surface area contributed by atoms with Crippen LogP contribution in [0.15, 0.2) is 59.8 Å². The third-order valence-electron chi connectivity index (χ3n) is 7.28. The number of nitrogens with zero attached hydrogens (tertiary/aromatic N) is 2. The lowest BCUT2D eigenvalue weighted by Gasteiger charge is -2.36. The van der Waals surface area contributed by atoms with Crippen LogP contribution in [-0.2, 0) is 19.1 Å². The minimum atomic E-state index is -1.40. The van der Waals surface area contributed by atoms with Gasteiger partial charge in [0.05, 0.1) is 25.0 Å². The van der Waals surface area contributed by atoms with Gasteiger partial charge in [-0.2, -0.15) is 0 Å². The number of hydrogen-bond donors (Lipinski definition) is 3. The van der Waals surface area contributed by atoms with Gasteiger partial charge in [-0.3, -0.25) is 9.69 Å². The van der Waals surface area contributed by atoms with Crippen molar-refractivity contribution in [3.63, 3.8) is 0 Å². The van der Waals surface area contributed by atoms with Gasteiger partial charge < -0.3 is 25.4 Å². The van der Waals surface area contributed by atoms with Crippen LogP contribution in [-0.4, -0.2) is 80.7 Å². The second-order valence-corrected chi connectivity index (χ2v) is 10.3. The Bertz CT molecular complexity index is 1490. The molecule has 2 heterocycles. The molecule has 44 heavy (non-hydrogen) atoms. The number of nitrogens with one attached hydrogen (secondary N) is 3. The van der Waals surface area contributed by atoms with E-state index >= 15 is 0 Å². The van der Waals surface area contributed by atoms with Crippen LogP contribution in [0.1, 0.15) is 36.9 Å². The number of ether oxygens (including phenoxy) is 2. The number of carbonyl (C=O) groups is 4. The number of esters is 1. The van der Waals surface area contributed by atoms with E-state index in [-0.39, 0.29) is 35.9 Å². The maximum atomic E-state index is 14.2. The van der Waals surface area contributed by atoms with Gasteiger partial charge >= 0.3 is 18.0 Å². The number of urea groups is 2. The monoisotopic (exact) mass is 611 g/mol. The Kier molecular flexibility index (Phi) is 10.8. The Morgan fingerprint density at radius 2 is 1.89 bits per heavy atom. The molecule has 5 amide bonds. The van der Waals surface area contributed by atoms with Crippen molar-refractivity contribution in [3.8, 4) is 0 Å². The van der Waals surface area contributed by atoms with Gasteiger partial charge in [0.25, 0.3) is 0 Å². The number of imide groups is 1. The van der Waals surface area contributed by atoms with E-state index in [2.05, 4.69) is 26.9 Å². The van der Waals surface area contributed by atoms with Crippen LogP contribution in [0.4, 0.5) is 24.1 Å². The van der Waals surface area contributed by atoms with E-state index in [9.17, 15) is 28.0 Å². The summed E-state index contributed by atoms with van der Waals surface area (Å²) in [6.45, 7) is 3.65. The summed E-state index contributed by atoms with van der Waals surface area (Å²) in [6.07, 6.45) is 3.51.